The number of aromatic amines is 1. The van der Waals surface area contributed by atoms with E-state index in [2.05, 4.69) is 9.97 Å². The average Bonchev–Trinajstić information content (AvgIpc) is 3.10. The van der Waals surface area contributed by atoms with Crippen LogP contribution in [0.3, 0.4) is 0 Å². The van der Waals surface area contributed by atoms with Crippen LogP contribution in [0.4, 0.5) is 0 Å². The Morgan fingerprint density at radius 2 is 2.07 bits per heavy atom. The standard InChI is InChI=1S/C21H19ClN4O2S2/c1-2-26-20(28)17-13-5-3-4-6-15(13)30-19(17)25-21(26)29-10-16-23-14-9-11(22)7-8-12(14)18(27)24-16/h7-9H,2-6,10H2,1H3,(H,23,24,27). The molecule has 0 fully saturated rings. The van der Waals surface area contributed by atoms with Crippen LogP contribution in [0, 0.1) is 0 Å². The Labute approximate surface area is 185 Å². The Balaban J connectivity index is 1.53. The normalized spacial score (nSPS) is 13.8. The summed E-state index contributed by atoms with van der Waals surface area (Å²) in [6.07, 6.45) is 4.31. The molecule has 0 amide bonds. The summed E-state index contributed by atoms with van der Waals surface area (Å²) >= 11 is 9.11. The molecule has 3 aromatic heterocycles. The highest BCUT2D eigenvalue weighted by Gasteiger charge is 2.22. The van der Waals surface area contributed by atoms with Gasteiger partial charge in [-0.2, -0.15) is 0 Å². The van der Waals surface area contributed by atoms with Crippen molar-refractivity contribution in [2.45, 2.75) is 50.1 Å². The topological polar surface area (TPSA) is 80.6 Å². The molecule has 0 saturated heterocycles. The van der Waals surface area contributed by atoms with E-state index in [1.807, 2.05) is 6.92 Å². The van der Waals surface area contributed by atoms with Gasteiger partial charge in [0.1, 0.15) is 10.7 Å². The van der Waals surface area contributed by atoms with Crippen LogP contribution in [0.5, 0.6) is 0 Å². The molecule has 0 spiro atoms. The molecular weight excluding hydrogens is 440 g/mol. The Kier molecular flexibility index (Phi) is 5.16. The summed E-state index contributed by atoms with van der Waals surface area (Å²) in [6, 6.07) is 5.03. The predicted molar refractivity (Wildman–Crippen MR) is 123 cm³/mol. The molecule has 154 valence electrons. The van der Waals surface area contributed by atoms with Gasteiger partial charge in [0, 0.05) is 16.4 Å². The molecule has 0 bridgehead atoms. The first-order valence-corrected chi connectivity index (χ1v) is 12.1. The van der Waals surface area contributed by atoms with Gasteiger partial charge in [-0.05, 0) is 56.4 Å². The predicted octanol–water partition coefficient (Wildman–Crippen LogP) is 4.54. The maximum Gasteiger partial charge on any atom is 0.263 e. The van der Waals surface area contributed by atoms with Crippen LogP contribution in [0.2, 0.25) is 5.02 Å². The third kappa shape index (κ3) is 3.36. The van der Waals surface area contributed by atoms with E-state index in [9.17, 15) is 9.59 Å². The number of halogens is 1. The number of nitrogens with one attached hydrogen (secondary N) is 1. The highest BCUT2D eigenvalue weighted by Crippen LogP contribution is 2.35. The number of rotatable bonds is 4. The first-order valence-electron chi connectivity index (χ1n) is 9.91. The number of thioether (sulfide) groups is 1. The molecule has 1 aromatic carbocycles. The van der Waals surface area contributed by atoms with Gasteiger partial charge in [-0.3, -0.25) is 14.2 Å². The largest absolute Gasteiger partial charge is 0.309 e. The zero-order valence-electron chi connectivity index (χ0n) is 16.3. The van der Waals surface area contributed by atoms with Crippen LogP contribution in [-0.4, -0.2) is 19.5 Å². The van der Waals surface area contributed by atoms with Gasteiger partial charge in [0.05, 0.1) is 22.0 Å². The molecule has 3 heterocycles. The summed E-state index contributed by atoms with van der Waals surface area (Å²) in [7, 11) is 0. The lowest BCUT2D eigenvalue weighted by atomic mass is 9.97. The maximum absolute atomic E-state index is 13.2. The molecule has 0 unspecified atom stereocenters. The highest BCUT2D eigenvalue weighted by molar-refractivity contribution is 7.98. The Hall–Kier alpha value is -2.16. The van der Waals surface area contributed by atoms with Crippen molar-refractivity contribution in [2.75, 3.05) is 0 Å². The summed E-state index contributed by atoms with van der Waals surface area (Å²) in [4.78, 5) is 39.9. The minimum atomic E-state index is -0.200. The molecule has 30 heavy (non-hydrogen) atoms. The van der Waals surface area contributed by atoms with E-state index in [-0.39, 0.29) is 11.1 Å². The third-order valence-electron chi connectivity index (χ3n) is 5.41. The number of nitrogens with zero attached hydrogens (tertiary/aromatic N) is 3. The van der Waals surface area contributed by atoms with Crippen LogP contribution < -0.4 is 11.1 Å². The average molecular weight is 459 g/mol. The van der Waals surface area contributed by atoms with E-state index in [0.717, 1.165) is 29.5 Å². The lowest BCUT2D eigenvalue weighted by Crippen LogP contribution is -2.23. The monoisotopic (exact) mass is 458 g/mol. The van der Waals surface area contributed by atoms with Crippen LogP contribution in [0.15, 0.2) is 32.9 Å². The van der Waals surface area contributed by atoms with Crippen molar-refractivity contribution >= 4 is 55.8 Å². The van der Waals surface area contributed by atoms with E-state index < -0.39 is 0 Å². The van der Waals surface area contributed by atoms with Crippen molar-refractivity contribution in [3.8, 4) is 0 Å². The van der Waals surface area contributed by atoms with Crippen molar-refractivity contribution in [3.05, 3.63) is 60.2 Å². The van der Waals surface area contributed by atoms with Gasteiger partial charge in [-0.25, -0.2) is 9.97 Å². The number of thiophene rings is 1. The molecule has 5 rings (SSSR count). The van der Waals surface area contributed by atoms with Gasteiger partial charge < -0.3 is 4.98 Å². The molecule has 4 aromatic rings. The second kappa shape index (κ2) is 7.83. The molecule has 1 N–H and O–H groups in total. The lowest BCUT2D eigenvalue weighted by molar-refractivity contribution is 0.633. The maximum atomic E-state index is 13.2. The van der Waals surface area contributed by atoms with Crippen LogP contribution in [0.25, 0.3) is 21.1 Å². The molecule has 0 atom stereocenters. The molecule has 0 aliphatic heterocycles. The van der Waals surface area contributed by atoms with Crippen LogP contribution in [0.1, 0.15) is 36.0 Å². The fourth-order valence-electron chi connectivity index (χ4n) is 3.97. The van der Waals surface area contributed by atoms with E-state index in [1.54, 1.807) is 34.1 Å². The van der Waals surface area contributed by atoms with Gasteiger partial charge in [0.25, 0.3) is 11.1 Å². The second-order valence-corrected chi connectivity index (χ2v) is 9.76. The van der Waals surface area contributed by atoms with Crippen LogP contribution in [-0.2, 0) is 25.1 Å². The SMILES string of the molecule is CCn1c(SCc2nc3cc(Cl)ccc3c(=O)[nH]2)nc2sc3c(c2c1=O)CCCC3. The first-order chi connectivity index (χ1) is 14.5. The summed E-state index contributed by atoms with van der Waals surface area (Å²) in [5.74, 6) is 0.933. The summed E-state index contributed by atoms with van der Waals surface area (Å²) in [6.45, 7) is 2.50. The number of hydrogen-bond donors (Lipinski definition) is 1. The highest BCUT2D eigenvalue weighted by atomic mass is 35.5. The number of hydrogen-bond acceptors (Lipinski definition) is 6. The molecule has 0 saturated carbocycles. The fourth-order valence-corrected chi connectivity index (χ4v) is 6.37. The van der Waals surface area contributed by atoms with E-state index in [0.29, 0.717) is 39.2 Å². The van der Waals surface area contributed by atoms with Gasteiger partial charge in [0.15, 0.2) is 5.16 Å². The number of benzene rings is 1. The molecule has 1 aliphatic carbocycles. The van der Waals surface area contributed by atoms with E-state index in [1.165, 1.54) is 28.6 Å². The molecule has 6 nitrogen and oxygen atoms in total. The lowest BCUT2D eigenvalue weighted by Gasteiger charge is -2.12. The summed E-state index contributed by atoms with van der Waals surface area (Å²) in [5.41, 5.74) is 1.60. The molecule has 0 radical (unpaired) electrons. The van der Waals surface area contributed by atoms with Crippen molar-refractivity contribution in [1.29, 1.82) is 0 Å². The minimum absolute atomic E-state index is 0.0381. The number of H-pyrrole nitrogens is 1. The molecular formula is C21H19ClN4O2S2. The van der Waals surface area contributed by atoms with Crippen LogP contribution >= 0.6 is 34.7 Å². The minimum Gasteiger partial charge on any atom is -0.309 e. The van der Waals surface area contributed by atoms with Gasteiger partial charge in [-0.1, -0.05) is 23.4 Å². The second-order valence-electron chi connectivity index (χ2n) is 7.30. The first kappa shape index (κ1) is 19.8. The summed E-state index contributed by atoms with van der Waals surface area (Å²) in [5, 5.41) is 2.49. The summed E-state index contributed by atoms with van der Waals surface area (Å²) < 4.78 is 1.73. The Bertz CT molecular complexity index is 1410. The Morgan fingerprint density at radius 3 is 2.90 bits per heavy atom. The van der Waals surface area contributed by atoms with E-state index >= 15 is 0 Å². The van der Waals surface area contributed by atoms with Gasteiger partial charge >= 0.3 is 0 Å². The quantitative estimate of drug-likeness (QED) is 0.358. The number of fused-ring (bicyclic) bond motifs is 4. The number of aromatic nitrogens is 4. The fraction of sp³-hybridized carbons (Fsp3) is 0.333. The van der Waals surface area contributed by atoms with Crippen molar-refractivity contribution < 1.29 is 0 Å². The van der Waals surface area contributed by atoms with Crippen molar-refractivity contribution in [3.63, 3.8) is 0 Å². The van der Waals surface area contributed by atoms with Gasteiger partial charge in [0.2, 0.25) is 0 Å². The van der Waals surface area contributed by atoms with E-state index in [4.69, 9.17) is 16.6 Å². The van der Waals surface area contributed by atoms with Crippen molar-refractivity contribution in [1.82, 2.24) is 19.5 Å². The Morgan fingerprint density at radius 1 is 1.23 bits per heavy atom. The van der Waals surface area contributed by atoms with Gasteiger partial charge in [-0.15, -0.1) is 11.3 Å². The zero-order valence-corrected chi connectivity index (χ0v) is 18.7. The molecule has 9 heteroatoms. The molecule has 1 aliphatic rings. The number of aryl methyl sites for hydroxylation is 2. The zero-order chi connectivity index (χ0) is 20.8. The third-order valence-corrected chi connectivity index (χ3v) is 7.82. The van der Waals surface area contributed by atoms with Crippen molar-refractivity contribution in [2.24, 2.45) is 0 Å². The smallest absolute Gasteiger partial charge is 0.263 e.